The van der Waals surface area contributed by atoms with Gasteiger partial charge in [-0.2, -0.15) is 0 Å². The molecule has 2 rings (SSSR count). The molecule has 0 saturated heterocycles. The maximum atomic E-state index is 5.66. The van der Waals surface area contributed by atoms with Gasteiger partial charge in [0.2, 0.25) is 0 Å². The third-order valence-corrected chi connectivity index (χ3v) is 2.11. The highest BCUT2D eigenvalue weighted by atomic mass is 16.6. The molecule has 82 valence electrons. The summed E-state index contributed by atoms with van der Waals surface area (Å²) in [5.74, 6) is 1.16. The second-order valence-corrected chi connectivity index (χ2v) is 3.89. The predicted octanol–water partition coefficient (Wildman–Crippen LogP) is 0.365. The summed E-state index contributed by atoms with van der Waals surface area (Å²) < 4.78 is 11.2. The summed E-state index contributed by atoms with van der Waals surface area (Å²) in [6, 6.07) is 1.73. The number of pyridine rings is 1. The van der Waals surface area contributed by atoms with Gasteiger partial charge in [-0.15, -0.1) is 0 Å². The highest BCUT2D eigenvalue weighted by Crippen LogP contribution is 2.30. The van der Waals surface area contributed by atoms with Crippen LogP contribution < -0.4 is 15.2 Å². The summed E-state index contributed by atoms with van der Waals surface area (Å²) >= 11 is 0. The summed E-state index contributed by atoms with van der Waals surface area (Å²) in [6.07, 6.45) is 1.60. The molecule has 0 saturated carbocycles. The average Bonchev–Trinajstić information content (AvgIpc) is 2.17. The summed E-state index contributed by atoms with van der Waals surface area (Å²) in [4.78, 5) is 6.14. The van der Waals surface area contributed by atoms with E-state index in [1.54, 1.807) is 12.3 Å². The topological polar surface area (TPSA) is 60.6 Å². The lowest BCUT2D eigenvalue weighted by Crippen LogP contribution is -2.38. The standard InChI is InChI=1S/C10H15N3O2/c1-13(2)5-8-6-14-9-3-7(11)4-12-10(9)15-8/h3-4,8H,5-6,11H2,1-2H3. The molecule has 0 amide bonds. The van der Waals surface area contributed by atoms with Gasteiger partial charge in [0, 0.05) is 12.6 Å². The van der Waals surface area contributed by atoms with Gasteiger partial charge in [-0.3, -0.25) is 0 Å². The lowest BCUT2D eigenvalue weighted by Gasteiger charge is -2.27. The van der Waals surface area contributed by atoms with Crippen LogP contribution in [0.25, 0.3) is 0 Å². The minimum absolute atomic E-state index is 0.0311. The maximum absolute atomic E-state index is 5.66. The van der Waals surface area contributed by atoms with Gasteiger partial charge in [0.1, 0.15) is 12.7 Å². The number of nitrogens with zero attached hydrogens (tertiary/aromatic N) is 2. The van der Waals surface area contributed by atoms with Crippen LogP contribution in [0.3, 0.4) is 0 Å². The largest absolute Gasteiger partial charge is 0.484 e. The molecule has 2 N–H and O–H groups in total. The van der Waals surface area contributed by atoms with Crippen LogP contribution in [0.5, 0.6) is 11.6 Å². The fourth-order valence-electron chi connectivity index (χ4n) is 1.51. The number of hydrogen-bond acceptors (Lipinski definition) is 5. The zero-order valence-corrected chi connectivity index (χ0v) is 8.93. The normalized spacial score (nSPS) is 19.3. The number of likely N-dealkylation sites (N-methyl/N-ethyl adjacent to an activating group) is 1. The van der Waals surface area contributed by atoms with Crippen LogP contribution in [-0.4, -0.2) is 43.2 Å². The van der Waals surface area contributed by atoms with E-state index in [-0.39, 0.29) is 6.10 Å². The Kier molecular flexibility index (Phi) is 2.64. The Balaban J connectivity index is 2.10. The van der Waals surface area contributed by atoms with E-state index in [9.17, 15) is 0 Å². The maximum Gasteiger partial charge on any atom is 0.257 e. The molecule has 15 heavy (non-hydrogen) atoms. The van der Waals surface area contributed by atoms with E-state index in [1.165, 1.54) is 0 Å². The fourth-order valence-corrected chi connectivity index (χ4v) is 1.51. The van der Waals surface area contributed by atoms with Crippen LogP contribution in [0.15, 0.2) is 12.3 Å². The first-order chi connectivity index (χ1) is 7.15. The van der Waals surface area contributed by atoms with E-state index >= 15 is 0 Å². The van der Waals surface area contributed by atoms with Crippen molar-refractivity contribution in [3.63, 3.8) is 0 Å². The molecule has 1 aromatic rings. The summed E-state index contributed by atoms with van der Waals surface area (Å²) in [5.41, 5.74) is 6.18. The molecule has 0 fully saturated rings. The minimum Gasteiger partial charge on any atom is -0.484 e. The predicted molar refractivity (Wildman–Crippen MR) is 57.1 cm³/mol. The van der Waals surface area contributed by atoms with E-state index < -0.39 is 0 Å². The Labute approximate surface area is 88.8 Å². The molecule has 5 heteroatoms. The highest BCUT2D eigenvalue weighted by molar-refractivity contribution is 5.47. The molecular formula is C10H15N3O2. The second-order valence-electron chi connectivity index (χ2n) is 3.89. The molecule has 0 radical (unpaired) electrons. The summed E-state index contributed by atoms with van der Waals surface area (Å²) in [6.45, 7) is 1.35. The van der Waals surface area contributed by atoms with Crippen LogP contribution in [0.1, 0.15) is 0 Å². The van der Waals surface area contributed by atoms with Crippen molar-refractivity contribution in [2.24, 2.45) is 0 Å². The quantitative estimate of drug-likeness (QED) is 0.762. The summed E-state index contributed by atoms with van der Waals surface area (Å²) in [7, 11) is 3.99. The van der Waals surface area contributed by atoms with Gasteiger partial charge in [-0.05, 0) is 14.1 Å². The Morgan fingerprint density at radius 2 is 2.40 bits per heavy atom. The van der Waals surface area contributed by atoms with Crippen molar-refractivity contribution in [1.29, 1.82) is 0 Å². The van der Waals surface area contributed by atoms with Gasteiger partial charge in [0.25, 0.3) is 5.88 Å². The van der Waals surface area contributed by atoms with Gasteiger partial charge in [0.15, 0.2) is 5.75 Å². The number of ether oxygens (including phenoxy) is 2. The number of anilines is 1. The number of nitrogen functional groups attached to an aromatic ring is 1. The molecular weight excluding hydrogens is 194 g/mol. The Morgan fingerprint density at radius 1 is 1.60 bits per heavy atom. The molecule has 1 aliphatic heterocycles. The molecule has 0 bridgehead atoms. The van der Waals surface area contributed by atoms with E-state index in [1.807, 2.05) is 14.1 Å². The van der Waals surface area contributed by atoms with Crippen LogP contribution in [0.2, 0.25) is 0 Å². The van der Waals surface area contributed by atoms with Crippen molar-refractivity contribution < 1.29 is 9.47 Å². The van der Waals surface area contributed by atoms with Crippen LogP contribution in [-0.2, 0) is 0 Å². The van der Waals surface area contributed by atoms with Crippen LogP contribution >= 0.6 is 0 Å². The van der Waals surface area contributed by atoms with Crippen LogP contribution in [0.4, 0.5) is 5.69 Å². The van der Waals surface area contributed by atoms with E-state index in [0.29, 0.717) is 23.9 Å². The third kappa shape index (κ3) is 2.30. The zero-order valence-electron chi connectivity index (χ0n) is 8.93. The van der Waals surface area contributed by atoms with Gasteiger partial charge in [0.05, 0.1) is 11.9 Å². The van der Waals surface area contributed by atoms with Gasteiger partial charge >= 0.3 is 0 Å². The van der Waals surface area contributed by atoms with Crippen LogP contribution in [0, 0.1) is 0 Å². The van der Waals surface area contributed by atoms with Gasteiger partial charge in [-0.1, -0.05) is 0 Å². The summed E-state index contributed by atoms with van der Waals surface area (Å²) in [5, 5.41) is 0. The number of aromatic nitrogens is 1. The van der Waals surface area contributed by atoms with E-state index in [2.05, 4.69) is 9.88 Å². The molecule has 1 aliphatic rings. The molecule has 2 heterocycles. The lowest BCUT2D eigenvalue weighted by atomic mass is 10.3. The van der Waals surface area contributed by atoms with E-state index in [4.69, 9.17) is 15.2 Å². The zero-order chi connectivity index (χ0) is 10.8. The molecule has 0 spiro atoms. The van der Waals surface area contributed by atoms with Gasteiger partial charge < -0.3 is 20.1 Å². The Hall–Kier alpha value is -1.49. The molecule has 1 atom stereocenters. The smallest absolute Gasteiger partial charge is 0.257 e. The Morgan fingerprint density at radius 3 is 3.13 bits per heavy atom. The fraction of sp³-hybridized carbons (Fsp3) is 0.500. The molecule has 0 aliphatic carbocycles. The number of fused-ring (bicyclic) bond motifs is 1. The number of nitrogens with two attached hydrogens (primary N) is 1. The third-order valence-electron chi connectivity index (χ3n) is 2.11. The number of hydrogen-bond donors (Lipinski definition) is 1. The average molecular weight is 209 g/mol. The number of rotatable bonds is 2. The second kappa shape index (κ2) is 3.94. The highest BCUT2D eigenvalue weighted by Gasteiger charge is 2.22. The van der Waals surface area contributed by atoms with Crippen molar-refractivity contribution in [1.82, 2.24) is 9.88 Å². The van der Waals surface area contributed by atoms with E-state index in [0.717, 1.165) is 6.54 Å². The van der Waals surface area contributed by atoms with Crippen molar-refractivity contribution in [3.05, 3.63) is 12.3 Å². The molecule has 1 aromatic heterocycles. The SMILES string of the molecule is CN(C)CC1COc2cc(N)cnc2O1. The molecule has 1 unspecified atom stereocenters. The minimum atomic E-state index is 0.0311. The van der Waals surface area contributed by atoms with Crippen molar-refractivity contribution in [3.8, 4) is 11.6 Å². The van der Waals surface area contributed by atoms with Gasteiger partial charge in [-0.25, -0.2) is 4.98 Å². The Bertz CT molecular complexity index is 355. The lowest BCUT2D eigenvalue weighted by molar-refractivity contribution is 0.0659. The first-order valence-corrected chi connectivity index (χ1v) is 4.85. The monoisotopic (exact) mass is 209 g/mol. The van der Waals surface area contributed by atoms with Crippen molar-refractivity contribution >= 4 is 5.69 Å². The van der Waals surface area contributed by atoms with Crippen molar-refractivity contribution in [2.45, 2.75) is 6.10 Å². The first-order valence-electron chi connectivity index (χ1n) is 4.85. The molecule has 0 aromatic carbocycles. The van der Waals surface area contributed by atoms with Crippen molar-refractivity contribution in [2.75, 3.05) is 33.0 Å². The molecule has 5 nitrogen and oxygen atoms in total. The first kappa shape index (κ1) is 10.0.